The number of benzene rings is 4. The van der Waals surface area contributed by atoms with E-state index in [2.05, 4.69) is 106 Å². The Balaban J connectivity index is 1.40. The fraction of sp³-hybridized carbons (Fsp3) is 0. The highest BCUT2D eigenvalue weighted by atomic mass is 15.2. The third-order valence-corrected chi connectivity index (χ3v) is 8.01. The summed E-state index contributed by atoms with van der Waals surface area (Å²) in [7, 11) is 0. The van der Waals surface area contributed by atoms with E-state index < -0.39 is 0 Å². The van der Waals surface area contributed by atoms with E-state index in [1.54, 1.807) is 0 Å². The molecule has 5 heteroatoms. The summed E-state index contributed by atoms with van der Waals surface area (Å²) in [6.45, 7) is 0. The van der Waals surface area contributed by atoms with Gasteiger partial charge in [0.25, 0.3) is 0 Å². The van der Waals surface area contributed by atoms with Gasteiger partial charge in [0.15, 0.2) is 0 Å². The zero-order valence-corrected chi connectivity index (χ0v) is 21.4. The van der Waals surface area contributed by atoms with Crippen LogP contribution in [-0.4, -0.2) is 23.9 Å². The fourth-order valence-electron chi connectivity index (χ4n) is 6.31. The first kappa shape index (κ1) is 21.4. The van der Waals surface area contributed by atoms with Crippen LogP contribution in [0.4, 0.5) is 0 Å². The summed E-state index contributed by atoms with van der Waals surface area (Å²) in [4.78, 5) is 14.8. The number of para-hydroxylation sites is 4. The Bertz CT molecular complexity index is 2280. The van der Waals surface area contributed by atoms with Crippen molar-refractivity contribution in [1.29, 1.82) is 0 Å². The Morgan fingerprint density at radius 2 is 1.02 bits per heavy atom. The molecule has 186 valence electrons. The summed E-state index contributed by atoms with van der Waals surface area (Å²) in [6.07, 6.45) is 3.71. The maximum absolute atomic E-state index is 5.09. The van der Waals surface area contributed by atoms with Crippen LogP contribution in [0.25, 0.3) is 78.3 Å². The number of imidazole rings is 2. The SMILES string of the molecule is c1ccc2c(c1)-c1ccc(-n3c4ccccc4n4c5ccccc5nc34)cc1-c1cccnc1-c1ncccc1-2. The monoisotopic (exact) mass is 511 g/mol. The van der Waals surface area contributed by atoms with Crippen molar-refractivity contribution in [3.63, 3.8) is 0 Å². The molecule has 0 amide bonds. The average molecular weight is 512 g/mol. The zero-order chi connectivity index (χ0) is 26.2. The molecule has 0 saturated carbocycles. The van der Waals surface area contributed by atoms with Crippen LogP contribution in [0.2, 0.25) is 0 Å². The molecular formula is C35H21N5. The van der Waals surface area contributed by atoms with Gasteiger partial charge >= 0.3 is 0 Å². The molecule has 4 aromatic carbocycles. The van der Waals surface area contributed by atoms with Gasteiger partial charge < -0.3 is 0 Å². The lowest BCUT2D eigenvalue weighted by Gasteiger charge is -2.22. The third kappa shape index (κ3) is 2.83. The molecule has 5 nitrogen and oxygen atoms in total. The Kier molecular flexibility index (Phi) is 4.27. The van der Waals surface area contributed by atoms with Crippen molar-refractivity contribution in [2.75, 3.05) is 0 Å². The van der Waals surface area contributed by atoms with Gasteiger partial charge in [-0.1, -0.05) is 66.7 Å². The number of pyridine rings is 2. The molecule has 1 aliphatic carbocycles. The first-order chi connectivity index (χ1) is 19.9. The van der Waals surface area contributed by atoms with Crippen LogP contribution in [0.3, 0.4) is 0 Å². The van der Waals surface area contributed by atoms with Gasteiger partial charge in [-0.3, -0.25) is 18.9 Å². The van der Waals surface area contributed by atoms with Crippen molar-refractivity contribution >= 4 is 27.8 Å². The van der Waals surface area contributed by atoms with E-state index in [-0.39, 0.29) is 0 Å². The molecule has 0 aliphatic heterocycles. The van der Waals surface area contributed by atoms with Gasteiger partial charge in [0, 0.05) is 29.2 Å². The van der Waals surface area contributed by atoms with Crippen LogP contribution in [-0.2, 0) is 0 Å². The Hall–Kier alpha value is -5.55. The standard InChI is InChI=1S/C35H21N5/c1-2-10-24-23(9-1)25-18-17-22(21-28(25)27-12-8-20-37-34(27)33-26(24)11-7-19-36-33)39-31-15-5-6-16-32(31)40-30-14-4-3-13-29(30)38-35(39)40/h1-21H. The molecule has 0 unspecified atom stereocenters. The van der Waals surface area contributed by atoms with E-state index in [1.165, 1.54) is 11.1 Å². The van der Waals surface area contributed by atoms with Gasteiger partial charge in [-0.2, -0.15) is 0 Å². The molecule has 0 atom stereocenters. The maximum atomic E-state index is 5.09. The minimum absolute atomic E-state index is 0.889. The average Bonchev–Trinajstić information content (AvgIpc) is 3.55. The Labute approximate surface area is 229 Å². The first-order valence-electron chi connectivity index (χ1n) is 13.4. The van der Waals surface area contributed by atoms with Crippen LogP contribution in [0.15, 0.2) is 128 Å². The minimum Gasteiger partial charge on any atom is -0.278 e. The van der Waals surface area contributed by atoms with Gasteiger partial charge in [-0.05, 0) is 70.8 Å². The van der Waals surface area contributed by atoms with E-state index in [0.29, 0.717) is 0 Å². The summed E-state index contributed by atoms with van der Waals surface area (Å²) in [6, 6.07) is 40.5. The number of hydrogen-bond donors (Lipinski definition) is 0. The van der Waals surface area contributed by atoms with Crippen molar-refractivity contribution in [3.8, 4) is 50.5 Å². The summed E-state index contributed by atoms with van der Waals surface area (Å²) >= 11 is 0. The van der Waals surface area contributed by atoms with Gasteiger partial charge in [0.2, 0.25) is 5.78 Å². The van der Waals surface area contributed by atoms with Crippen LogP contribution in [0.5, 0.6) is 0 Å². The summed E-state index contributed by atoms with van der Waals surface area (Å²) in [5, 5.41) is 0. The van der Waals surface area contributed by atoms with Crippen molar-refractivity contribution in [3.05, 3.63) is 128 Å². The molecule has 0 fully saturated rings. The zero-order valence-electron chi connectivity index (χ0n) is 21.4. The molecule has 4 heterocycles. The topological polar surface area (TPSA) is 48.0 Å². The van der Waals surface area contributed by atoms with E-state index in [9.17, 15) is 0 Å². The number of rotatable bonds is 1. The van der Waals surface area contributed by atoms with Crippen molar-refractivity contribution in [2.45, 2.75) is 0 Å². The number of aromatic nitrogens is 5. The lowest BCUT2D eigenvalue weighted by molar-refractivity contribution is 1.11. The number of hydrogen-bond acceptors (Lipinski definition) is 3. The van der Waals surface area contributed by atoms with E-state index in [4.69, 9.17) is 15.0 Å². The minimum atomic E-state index is 0.889. The molecule has 1 aliphatic rings. The second-order valence-corrected chi connectivity index (χ2v) is 10.1. The molecule has 8 aromatic rings. The molecule has 0 N–H and O–H groups in total. The van der Waals surface area contributed by atoms with Gasteiger partial charge in [0.05, 0.1) is 33.5 Å². The van der Waals surface area contributed by atoms with Gasteiger partial charge in [0.1, 0.15) is 0 Å². The van der Waals surface area contributed by atoms with Crippen molar-refractivity contribution in [2.24, 2.45) is 0 Å². The smallest absolute Gasteiger partial charge is 0.220 e. The largest absolute Gasteiger partial charge is 0.278 e. The Morgan fingerprint density at radius 1 is 0.450 bits per heavy atom. The van der Waals surface area contributed by atoms with E-state index in [1.807, 2.05) is 30.6 Å². The predicted molar refractivity (Wildman–Crippen MR) is 160 cm³/mol. The quantitative estimate of drug-likeness (QED) is 0.223. The van der Waals surface area contributed by atoms with Crippen LogP contribution >= 0.6 is 0 Å². The maximum Gasteiger partial charge on any atom is 0.220 e. The second kappa shape index (κ2) is 7.98. The van der Waals surface area contributed by atoms with Gasteiger partial charge in [-0.15, -0.1) is 0 Å². The third-order valence-electron chi connectivity index (χ3n) is 8.01. The van der Waals surface area contributed by atoms with Crippen LogP contribution < -0.4 is 0 Å². The molecule has 9 rings (SSSR count). The molecular weight excluding hydrogens is 490 g/mol. The highest BCUT2D eigenvalue weighted by Gasteiger charge is 2.24. The molecule has 0 radical (unpaired) electrons. The summed E-state index contributed by atoms with van der Waals surface area (Å²) in [5.41, 5.74) is 13.9. The molecule has 40 heavy (non-hydrogen) atoms. The lowest BCUT2D eigenvalue weighted by Crippen LogP contribution is -2.02. The lowest BCUT2D eigenvalue weighted by atomic mass is 9.84. The first-order valence-corrected chi connectivity index (χ1v) is 13.4. The van der Waals surface area contributed by atoms with Crippen LogP contribution in [0.1, 0.15) is 0 Å². The van der Waals surface area contributed by atoms with Crippen molar-refractivity contribution < 1.29 is 0 Å². The van der Waals surface area contributed by atoms with E-state index >= 15 is 0 Å². The summed E-state index contributed by atoms with van der Waals surface area (Å²) < 4.78 is 4.52. The highest BCUT2D eigenvalue weighted by Crippen LogP contribution is 2.46. The molecule has 4 aromatic heterocycles. The molecule has 0 bridgehead atoms. The second-order valence-electron chi connectivity index (χ2n) is 10.1. The van der Waals surface area contributed by atoms with Crippen LogP contribution in [0, 0.1) is 0 Å². The number of fused-ring (bicyclic) bond motifs is 13. The van der Waals surface area contributed by atoms with E-state index in [0.717, 1.165) is 67.2 Å². The highest BCUT2D eigenvalue weighted by molar-refractivity contribution is 6.02. The molecule has 0 spiro atoms. The normalized spacial score (nSPS) is 12.0. The fourth-order valence-corrected chi connectivity index (χ4v) is 6.31. The van der Waals surface area contributed by atoms with Crippen molar-refractivity contribution in [1.82, 2.24) is 23.9 Å². The number of nitrogens with zero attached hydrogens (tertiary/aromatic N) is 5. The molecule has 0 saturated heterocycles. The van der Waals surface area contributed by atoms with Gasteiger partial charge in [-0.25, -0.2) is 4.98 Å². The Morgan fingerprint density at radius 3 is 1.80 bits per heavy atom. The summed E-state index contributed by atoms with van der Waals surface area (Å²) in [5.74, 6) is 0.895. The predicted octanol–water partition coefficient (Wildman–Crippen LogP) is 8.20.